The molecule has 0 radical (unpaired) electrons. The van der Waals surface area contributed by atoms with Crippen molar-refractivity contribution in [1.29, 1.82) is 0 Å². The maximum Gasteiger partial charge on any atom is 0.263 e. The predicted octanol–water partition coefficient (Wildman–Crippen LogP) is 0.662. The molecule has 0 spiro atoms. The Morgan fingerprint density at radius 1 is 1.29 bits per heavy atom. The molecule has 1 aliphatic rings. The number of imide groups is 1. The lowest BCUT2D eigenvalue weighted by atomic mass is 9.93. The molecule has 0 aliphatic carbocycles. The molecule has 17 heavy (non-hydrogen) atoms. The highest BCUT2D eigenvalue weighted by atomic mass is 16.2. The first-order chi connectivity index (χ1) is 7.96. The zero-order valence-electron chi connectivity index (χ0n) is 9.93. The molecule has 0 unspecified atom stereocenters. The van der Waals surface area contributed by atoms with Gasteiger partial charge in [0, 0.05) is 18.9 Å². The number of hydrogen-bond acceptors (Lipinski definition) is 4. The summed E-state index contributed by atoms with van der Waals surface area (Å²) >= 11 is 0. The SMILES string of the molecule is CC(C)(CN)CN1C(=O)c2ccncc2C1=O. The van der Waals surface area contributed by atoms with Crippen LogP contribution in [0.25, 0.3) is 0 Å². The maximum atomic E-state index is 12.0. The van der Waals surface area contributed by atoms with E-state index in [9.17, 15) is 9.59 Å². The van der Waals surface area contributed by atoms with Crippen molar-refractivity contribution in [1.82, 2.24) is 9.88 Å². The zero-order chi connectivity index (χ0) is 12.6. The fourth-order valence-electron chi connectivity index (χ4n) is 1.77. The van der Waals surface area contributed by atoms with Crippen molar-refractivity contribution < 1.29 is 9.59 Å². The molecule has 2 N–H and O–H groups in total. The number of carbonyl (C=O) groups excluding carboxylic acids is 2. The van der Waals surface area contributed by atoms with E-state index < -0.39 is 0 Å². The number of fused-ring (bicyclic) bond motifs is 1. The highest BCUT2D eigenvalue weighted by Gasteiger charge is 2.38. The summed E-state index contributed by atoms with van der Waals surface area (Å²) in [6.45, 7) is 4.60. The first-order valence-electron chi connectivity index (χ1n) is 5.46. The van der Waals surface area contributed by atoms with Crippen LogP contribution >= 0.6 is 0 Å². The van der Waals surface area contributed by atoms with Crippen LogP contribution in [-0.4, -0.2) is 34.8 Å². The third kappa shape index (κ3) is 1.93. The van der Waals surface area contributed by atoms with E-state index in [0.29, 0.717) is 24.2 Å². The molecule has 0 atom stereocenters. The topological polar surface area (TPSA) is 76.3 Å². The van der Waals surface area contributed by atoms with Crippen LogP contribution in [0.3, 0.4) is 0 Å². The first-order valence-corrected chi connectivity index (χ1v) is 5.46. The number of nitrogens with zero attached hydrogens (tertiary/aromatic N) is 2. The van der Waals surface area contributed by atoms with Gasteiger partial charge in [0.2, 0.25) is 0 Å². The van der Waals surface area contributed by atoms with Crippen molar-refractivity contribution in [2.45, 2.75) is 13.8 Å². The van der Waals surface area contributed by atoms with E-state index in [2.05, 4.69) is 4.98 Å². The molecule has 2 rings (SSSR count). The minimum atomic E-state index is -0.278. The summed E-state index contributed by atoms with van der Waals surface area (Å²) in [6, 6.07) is 1.57. The smallest absolute Gasteiger partial charge is 0.263 e. The summed E-state index contributed by atoms with van der Waals surface area (Å²) in [6.07, 6.45) is 2.95. The van der Waals surface area contributed by atoms with Gasteiger partial charge in [-0.15, -0.1) is 0 Å². The van der Waals surface area contributed by atoms with Crippen molar-refractivity contribution in [3.63, 3.8) is 0 Å². The molecule has 1 aromatic rings. The summed E-state index contributed by atoms with van der Waals surface area (Å²) < 4.78 is 0. The Bertz CT molecular complexity index is 447. The van der Waals surface area contributed by atoms with Gasteiger partial charge in [0.25, 0.3) is 11.8 Å². The summed E-state index contributed by atoms with van der Waals surface area (Å²) in [4.78, 5) is 29.2. The van der Waals surface area contributed by atoms with Crippen molar-refractivity contribution in [3.05, 3.63) is 29.6 Å². The molecule has 2 heterocycles. The third-order valence-corrected chi connectivity index (χ3v) is 2.91. The van der Waals surface area contributed by atoms with E-state index >= 15 is 0 Å². The largest absolute Gasteiger partial charge is 0.330 e. The molecular formula is C12H15N3O2. The highest BCUT2D eigenvalue weighted by molar-refractivity contribution is 6.21. The van der Waals surface area contributed by atoms with Gasteiger partial charge in [0.05, 0.1) is 11.1 Å². The second-order valence-electron chi connectivity index (χ2n) is 4.99. The molecular weight excluding hydrogens is 218 g/mol. The van der Waals surface area contributed by atoms with Crippen LogP contribution in [0.5, 0.6) is 0 Å². The molecule has 0 fully saturated rings. The van der Waals surface area contributed by atoms with E-state index in [1.807, 2.05) is 13.8 Å². The minimum Gasteiger partial charge on any atom is -0.330 e. The van der Waals surface area contributed by atoms with Crippen LogP contribution < -0.4 is 5.73 Å². The van der Waals surface area contributed by atoms with Crippen LogP contribution in [0.1, 0.15) is 34.6 Å². The first kappa shape index (κ1) is 11.7. The van der Waals surface area contributed by atoms with Gasteiger partial charge < -0.3 is 5.73 Å². The van der Waals surface area contributed by atoms with Gasteiger partial charge in [0.15, 0.2) is 0 Å². The van der Waals surface area contributed by atoms with Gasteiger partial charge in [-0.1, -0.05) is 13.8 Å². The van der Waals surface area contributed by atoms with Gasteiger partial charge in [0.1, 0.15) is 0 Å². The average Bonchev–Trinajstić information content (AvgIpc) is 2.55. The molecule has 1 aromatic heterocycles. The Kier molecular flexibility index (Phi) is 2.71. The van der Waals surface area contributed by atoms with Crippen molar-refractivity contribution in [3.8, 4) is 0 Å². The number of rotatable bonds is 3. The number of carbonyl (C=O) groups is 2. The molecule has 5 heteroatoms. The van der Waals surface area contributed by atoms with Gasteiger partial charge in [-0.2, -0.15) is 0 Å². The second kappa shape index (κ2) is 3.92. The Morgan fingerprint density at radius 2 is 1.94 bits per heavy atom. The Hall–Kier alpha value is -1.75. The monoisotopic (exact) mass is 233 g/mol. The number of hydrogen-bond donors (Lipinski definition) is 1. The summed E-state index contributed by atoms with van der Waals surface area (Å²) in [5.41, 5.74) is 6.15. The van der Waals surface area contributed by atoms with E-state index in [-0.39, 0.29) is 17.2 Å². The Morgan fingerprint density at radius 3 is 2.53 bits per heavy atom. The van der Waals surface area contributed by atoms with Gasteiger partial charge in [-0.3, -0.25) is 19.5 Å². The lowest BCUT2D eigenvalue weighted by Crippen LogP contribution is -2.41. The molecule has 90 valence electrons. The van der Waals surface area contributed by atoms with Gasteiger partial charge in [-0.05, 0) is 18.0 Å². The fraction of sp³-hybridized carbons (Fsp3) is 0.417. The van der Waals surface area contributed by atoms with Crippen LogP contribution in [0.2, 0.25) is 0 Å². The molecule has 0 saturated carbocycles. The molecule has 2 amide bonds. The number of amides is 2. The van der Waals surface area contributed by atoms with Crippen LogP contribution in [0.15, 0.2) is 18.5 Å². The zero-order valence-corrected chi connectivity index (χ0v) is 9.93. The lowest BCUT2D eigenvalue weighted by molar-refractivity contribution is 0.0595. The summed E-state index contributed by atoms with van der Waals surface area (Å²) in [5, 5.41) is 0. The van der Waals surface area contributed by atoms with E-state index in [4.69, 9.17) is 5.73 Å². The van der Waals surface area contributed by atoms with Crippen molar-refractivity contribution in [2.75, 3.05) is 13.1 Å². The lowest BCUT2D eigenvalue weighted by Gasteiger charge is -2.27. The molecule has 1 aliphatic heterocycles. The Labute approximate surface area is 99.6 Å². The van der Waals surface area contributed by atoms with Gasteiger partial charge in [-0.25, -0.2) is 0 Å². The second-order valence-corrected chi connectivity index (χ2v) is 4.99. The van der Waals surface area contributed by atoms with Crippen molar-refractivity contribution in [2.24, 2.45) is 11.1 Å². The highest BCUT2D eigenvalue weighted by Crippen LogP contribution is 2.25. The number of pyridine rings is 1. The standard InChI is InChI=1S/C12H15N3O2/c1-12(2,6-13)7-15-10(16)8-3-4-14-5-9(8)11(15)17/h3-5H,6-7,13H2,1-2H3. The third-order valence-electron chi connectivity index (χ3n) is 2.91. The minimum absolute atomic E-state index is 0.256. The Balaban J connectivity index is 2.31. The van der Waals surface area contributed by atoms with Crippen molar-refractivity contribution >= 4 is 11.8 Å². The van der Waals surface area contributed by atoms with E-state index in [1.54, 1.807) is 6.07 Å². The summed E-state index contributed by atoms with van der Waals surface area (Å²) in [7, 11) is 0. The maximum absolute atomic E-state index is 12.0. The average molecular weight is 233 g/mol. The van der Waals surface area contributed by atoms with Crippen LogP contribution in [0, 0.1) is 5.41 Å². The molecule has 0 bridgehead atoms. The van der Waals surface area contributed by atoms with Crippen LogP contribution in [-0.2, 0) is 0 Å². The molecule has 0 aromatic carbocycles. The normalized spacial score (nSPS) is 15.4. The fourth-order valence-corrected chi connectivity index (χ4v) is 1.77. The summed E-state index contributed by atoms with van der Waals surface area (Å²) in [5.74, 6) is -0.534. The quantitative estimate of drug-likeness (QED) is 0.778. The van der Waals surface area contributed by atoms with Gasteiger partial charge >= 0.3 is 0 Å². The number of aromatic nitrogens is 1. The van der Waals surface area contributed by atoms with E-state index in [0.717, 1.165) is 0 Å². The molecule has 5 nitrogen and oxygen atoms in total. The van der Waals surface area contributed by atoms with Crippen LogP contribution in [0.4, 0.5) is 0 Å². The number of nitrogens with two attached hydrogens (primary N) is 1. The molecule has 0 saturated heterocycles. The predicted molar refractivity (Wildman–Crippen MR) is 62.4 cm³/mol. The van der Waals surface area contributed by atoms with E-state index in [1.165, 1.54) is 17.3 Å².